The Hall–Kier alpha value is -1.92. The summed E-state index contributed by atoms with van der Waals surface area (Å²) in [5.41, 5.74) is 9.06. The van der Waals surface area contributed by atoms with E-state index in [0.717, 1.165) is 41.2 Å². The van der Waals surface area contributed by atoms with Gasteiger partial charge in [0, 0.05) is 22.7 Å². The smallest absolute Gasteiger partial charge is 0.257 e. The van der Waals surface area contributed by atoms with E-state index in [2.05, 4.69) is 15.6 Å². The van der Waals surface area contributed by atoms with Gasteiger partial charge in [-0.3, -0.25) is 10.1 Å². The Morgan fingerprint density at radius 2 is 2.04 bits per heavy atom. The molecule has 2 rings (SSSR count). The Labute approximate surface area is 141 Å². The number of aryl methyl sites for hydroxylation is 2. The number of amides is 1. The lowest BCUT2D eigenvalue weighted by molar-refractivity contribution is 0.102. The minimum absolute atomic E-state index is 0.123. The van der Waals surface area contributed by atoms with Gasteiger partial charge in [-0.1, -0.05) is 6.07 Å². The number of unbranched alkanes of at least 4 members (excludes halogenated alkanes) is 1. The van der Waals surface area contributed by atoms with E-state index in [9.17, 15) is 4.79 Å². The number of nitrogens with two attached hydrogens (primary N) is 1. The maximum atomic E-state index is 12.5. The van der Waals surface area contributed by atoms with E-state index in [1.165, 1.54) is 11.3 Å². The van der Waals surface area contributed by atoms with Gasteiger partial charge in [0.1, 0.15) is 0 Å². The third-order valence-corrected chi connectivity index (χ3v) is 4.76. The SMILES string of the molecule is Cc1nc(NC(=O)c2cccc(NCCCCN)c2C)sc1C. The normalized spacial score (nSPS) is 10.6. The summed E-state index contributed by atoms with van der Waals surface area (Å²) in [5, 5.41) is 6.90. The number of benzene rings is 1. The number of carbonyl (C=O) groups excluding carboxylic acids is 1. The van der Waals surface area contributed by atoms with E-state index in [1.807, 2.05) is 39.0 Å². The Bertz CT molecular complexity index is 662. The van der Waals surface area contributed by atoms with Crippen LogP contribution in [0.25, 0.3) is 0 Å². The molecule has 1 amide bonds. The molecule has 1 heterocycles. The van der Waals surface area contributed by atoms with Crippen molar-refractivity contribution in [2.24, 2.45) is 5.73 Å². The Morgan fingerprint density at radius 1 is 1.26 bits per heavy atom. The van der Waals surface area contributed by atoms with Crippen LogP contribution in [0.3, 0.4) is 0 Å². The molecule has 1 aromatic heterocycles. The molecule has 124 valence electrons. The highest BCUT2D eigenvalue weighted by atomic mass is 32.1. The third kappa shape index (κ3) is 4.53. The summed E-state index contributed by atoms with van der Waals surface area (Å²) in [4.78, 5) is 18.0. The molecule has 0 aliphatic carbocycles. The van der Waals surface area contributed by atoms with Gasteiger partial charge < -0.3 is 11.1 Å². The number of nitrogens with one attached hydrogen (secondary N) is 2. The van der Waals surface area contributed by atoms with Crippen LogP contribution < -0.4 is 16.4 Å². The first-order valence-corrected chi connectivity index (χ1v) is 8.63. The summed E-state index contributed by atoms with van der Waals surface area (Å²) in [6, 6.07) is 5.72. The van der Waals surface area contributed by atoms with E-state index in [1.54, 1.807) is 0 Å². The van der Waals surface area contributed by atoms with Crippen molar-refractivity contribution in [3.8, 4) is 0 Å². The molecule has 0 saturated carbocycles. The first-order valence-electron chi connectivity index (χ1n) is 7.82. The first-order chi connectivity index (χ1) is 11.0. The predicted molar refractivity (Wildman–Crippen MR) is 97.5 cm³/mol. The molecule has 0 aliphatic heterocycles. The summed E-state index contributed by atoms with van der Waals surface area (Å²) >= 11 is 1.50. The van der Waals surface area contributed by atoms with E-state index in [0.29, 0.717) is 17.2 Å². The van der Waals surface area contributed by atoms with E-state index >= 15 is 0 Å². The Balaban J connectivity index is 2.07. The molecule has 5 nitrogen and oxygen atoms in total. The average molecular weight is 332 g/mol. The van der Waals surface area contributed by atoms with Crippen LogP contribution >= 0.6 is 11.3 Å². The van der Waals surface area contributed by atoms with Crippen molar-refractivity contribution in [2.45, 2.75) is 33.6 Å². The maximum absolute atomic E-state index is 12.5. The number of hydrogen-bond donors (Lipinski definition) is 3. The van der Waals surface area contributed by atoms with Gasteiger partial charge in [-0.25, -0.2) is 4.98 Å². The molecule has 1 aromatic carbocycles. The van der Waals surface area contributed by atoms with Crippen LogP contribution in [0.1, 0.15) is 39.3 Å². The lowest BCUT2D eigenvalue weighted by Crippen LogP contribution is -2.14. The number of nitrogens with zero attached hydrogens (tertiary/aromatic N) is 1. The van der Waals surface area contributed by atoms with Gasteiger partial charge in [-0.05, 0) is 57.9 Å². The van der Waals surface area contributed by atoms with Crippen molar-refractivity contribution >= 4 is 28.1 Å². The maximum Gasteiger partial charge on any atom is 0.257 e. The van der Waals surface area contributed by atoms with Crippen molar-refractivity contribution < 1.29 is 4.79 Å². The van der Waals surface area contributed by atoms with Crippen LogP contribution in [0.5, 0.6) is 0 Å². The van der Waals surface area contributed by atoms with Crippen molar-refractivity contribution in [1.29, 1.82) is 0 Å². The molecular weight excluding hydrogens is 308 g/mol. The van der Waals surface area contributed by atoms with Gasteiger partial charge in [0.2, 0.25) is 0 Å². The molecule has 23 heavy (non-hydrogen) atoms. The quantitative estimate of drug-likeness (QED) is 0.678. The molecule has 0 radical (unpaired) electrons. The predicted octanol–water partition coefficient (Wildman–Crippen LogP) is 3.47. The van der Waals surface area contributed by atoms with Crippen molar-refractivity contribution in [1.82, 2.24) is 4.98 Å². The van der Waals surface area contributed by atoms with Crippen LogP contribution in [-0.2, 0) is 0 Å². The molecule has 6 heteroatoms. The summed E-state index contributed by atoms with van der Waals surface area (Å²) in [7, 11) is 0. The van der Waals surface area contributed by atoms with E-state index in [4.69, 9.17) is 5.73 Å². The minimum atomic E-state index is -0.123. The standard InChI is InChI=1S/C17H24N4OS/c1-11-14(7-6-8-15(11)19-10-5-4-9-18)16(22)21-17-20-12(2)13(3)23-17/h6-8,19H,4-5,9-10,18H2,1-3H3,(H,20,21,22). The molecule has 4 N–H and O–H groups in total. The molecule has 0 unspecified atom stereocenters. The second-order valence-electron chi connectivity index (χ2n) is 5.52. The van der Waals surface area contributed by atoms with Crippen molar-refractivity contribution in [2.75, 3.05) is 23.7 Å². The Morgan fingerprint density at radius 3 is 2.70 bits per heavy atom. The van der Waals surface area contributed by atoms with Gasteiger partial charge >= 0.3 is 0 Å². The lowest BCUT2D eigenvalue weighted by Gasteiger charge is -2.12. The van der Waals surface area contributed by atoms with Crippen LogP contribution in [-0.4, -0.2) is 24.0 Å². The van der Waals surface area contributed by atoms with Gasteiger partial charge in [-0.2, -0.15) is 0 Å². The van der Waals surface area contributed by atoms with Gasteiger partial charge in [0.05, 0.1) is 5.69 Å². The largest absolute Gasteiger partial charge is 0.385 e. The van der Waals surface area contributed by atoms with E-state index in [-0.39, 0.29) is 5.91 Å². The molecule has 0 fully saturated rings. The van der Waals surface area contributed by atoms with E-state index < -0.39 is 0 Å². The van der Waals surface area contributed by atoms with Crippen LogP contribution in [0.15, 0.2) is 18.2 Å². The highest BCUT2D eigenvalue weighted by Gasteiger charge is 2.14. The zero-order valence-electron chi connectivity index (χ0n) is 13.9. The zero-order chi connectivity index (χ0) is 16.8. The fourth-order valence-electron chi connectivity index (χ4n) is 2.26. The van der Waals surface area contributed by atoms with Crippen LogP contribution in [0, 0.1) is 20.8 Å². The van der Waals surface area contributed by atoms with Crippen LogP contribution in [0.2, 0.25) is 0 Å². The monoisotopic (exact) mass is 332 g/mol. The van der Waals surface area contributed by atoms with Gasteiger partial charge in [0.25, 0.3) is 5.91 Å². The van der Waals surface area contributed by atoms with Crippen molar-refractivity contribution in [3.05, 3.63) is 39.9 Å². The summed E-state index contributed by atoms with van der Waals surface area (Å²) < 4.78 is 0. The summed E-state index contributed by atoms with van der Waals surface area (Å²) in [5.74, 6) is -0.123. The number of anilines is 2. The average Bonchev–Trinajstić information content (AvgIpc) is 2.83. The fourth-order valence-corrected chi connectivity index (χ4v) is 3.07. The van der Waals surface area contributed by atoms with Gasteiger partial charge in [0.15, 0.2) is 5.13 Å². The molecule has 0 atom stereocenters. The number of carbonyl (C=O) groups is 1. The summed E-state index contributed by atoms with van der Waals surface area (Å²) in [6.45, 7) is 7.46. The second-order valence-corrected chi connectivity index (χ2v) is 6.72. The second kappa shape index (κ2) is 8.08. The number of thiazole rings is 1. The lowest BCUT2D eigenvalue weighted by atomic mass is 10.1. The zero-order valence-corrected chi connectivity index (χ0v) is 14.7. The molecule has 0 aliphatic rings. The van der Waals surface area contributed by atoms with Crippen LogP contribution in [0.4, 0.5) is 10.8 Å². The van der Waals surface area contributed by atoms with Gasteiger partial charge in [-0.15, -0.1) is 11.3 Å². The highest BCUT2D eigenvalue weighted by Crippen LogP contribution is 2.24. The fraction of sp³-hybridized carbons (Fsp3) is 0.412. The molecule has 0 spiro atoms. The minimum Gasteiger partial charge on any atom is -0.385 e. The third-order valence-electron chi connectivity index (χ3n) is 3.77. The topological polar surface area (TPSA) is 80.0 Å². The number of rotatable bonds is 7. The molecule has 0 bridgehead atoms. The Kier molecular flexibility index (Phi) is 6.12. The highest BCUT2D eigenvalue weighted by molar-refractivity contribution is 7.15. The number of hydrogen-bond acceptors (Lipinski definition) is 5. The summed E-state index contributed by atoms with van der Waals surface area (Å²) in [6.07, 6.45) is 2.01. The van der Waals surface area contributed by atoms with Crippen molar-refractivity contribution in [3.63, 3.8) is 0 Å². The number of aromatic nitrogens is 1. The molecule has 0 saturated heterocycles. The molecule has 2 aromatic rings. The first kappa shape index (κ1) is 17.4. The molecular formula is C17H24N4OS.